The number of rotatable bonds is 5. The van der Waals surface area contributed by atoms with Crippen LogP contribution in [0.1, 0.15) is 24.1 Å². The molecule has 0 aliphatic carbocycles. The van der Waals surface area contributed by atoms with Crippen molar-refractivity contribution in [3.63, 3.8) is 0 Å². The predicted octanol–water partition coefficient (Wildman–Crippen LogP) is 2.47. The Morgan fingerprint density at radius 1 is 1.23 bits per heavy atom. The topological polar surface area (TPSA) is 88.4 Å². The van der Waals surface area contributed by atoms with Crippen molar-refractivity contribution < 1.29 is 32.5 Å². The molecule has 182 valence electrons. The number of ether oxygens (including phenoxy) is 4. The molecule has 5 rings (SSSR count). The molecule has 2 aliphatic rings. The van der Waals surface area contributed by atoms with E-state index >= 15 is 0 Å². The van der Waals surface area contributed by atoms with Crippen LogP contribution in [0.5, 0.6) is 17.2 Å². The summed E-state index contributed by atoms with van der Waals surface area (Å²) >= 11 is 1.14. The van der Waals surface area contributed by atoms with Crippen molar-refractivity contribution in [3.05, 3.63) is 73.3 Å². The highest BCUT2D eigenvalue weighted by atomic mass is 32.1. The maximum atomic E-state index is 13.6. The minimum absolute atomic E-state index is 0.0987. The molecule has 0 N–H and O–H groups in total. The summed E-state index contributed by atoms with van der Waals surface area (Å²) in [4.78, 5) is 31.5. The highest BCUT2D eigenvalue weighted by Gasteiger charge is 2.55. The maximum absolute atomic E-state index is 13.6. The average molecular weight is 502 g/mol. The van der Waals surface area contributed by atoms with E-state index in [1.807, 2.05) is 18.2 Å². The van der Waals surface area contributed by atoms with Gasteiger partial charge in [-0.2, -0.15) is 8.78 Å². The summed E-state index contributed by atoms with van der Waals surface area (Å²) in [5.74, 6) is -0.891. The normalized spacial score (nSPS) is 22.5. The van der Waals surface area contributed by atoms with Gasteiger partial charge in [-0.3, -0.25) is 14.2 Å². The monoisotopic (exact) mass is 502 g/mol. The van der Waals surface area contributed by atoms with Crippen LogP contribution in [0.4, 0.5) is 8.78 Å². The highest BCUT2D eigenvalue weighted by Crippen LogP contribution is 2.47. The number of alkyl halides is 2. The van der Waals surface area contributed by atoms with Crippen molar-refractivity contribution in [1.29, 1.82) is 0 Å². The number of hydrogen-bond donors (Lipinski definition) is 0. The number of nitrogens with zero attached hydrogens (tertiary/aromatic N) is 2. The highest BCUT2D eigenvalue weighted by molar-refractivity contribution is 7.07. The molecule has 0 radical (unpaired) electrons. The second kappa shape index (κ2) is 8.49. The molecule has 3 heterocycles. The molecule has 35 heavy (non-hydrogen) atoms. The lowest BCUT2D eigenvalue weighted by molar-refractivity contribution is -0.158. The van der Waals surface area contributed by atoms with Crippen LogP contribution in [0.25, 0.3) is 6.08 Å². The van der Waals surface area contributed by atoms with Crippen LogP contribution < -0.4 is 29.1 Å². The van der Waals surface area contributed by atoms with Gasteiger partial charge in [0.05, 0.1) is 24.8 Å². The number of carbonyl (C=O) groups excluding carboxylic acids is 1. The van der Waals surface area contributed by atoms with E-state index in [4.69, 9.17) is 14.2 Å². The zero-order valence-electron chi connectivity index (χ0n) is 18.9. The molecule has 1 aromatic heterocycles. The molecule has 3 atom stereocenters. The molecule has 2 aliphatic heterocycles. The van der Waals surface area contributed by atoms with Gasteiger partial charge in [0.25, 0.3) is 5.56 Å². The summed E-state index contributed by atoms with van der Waals surface area (Å²) in [5, 5.41) is 0. The average Bonchev–Trinajstić information content (AvgIpc) is 3.11. The van der Waals surface area contributed by atoms with Crippen LogP contribution >= 0.6 is 11.3 Å². The smallest absolute Gasteiger partial charge is 0.387 e. The van der Waals surface area contributed by atoms with Crippen LogP contribution in [0, 0.1) is 5.92 Å². The van der Waals surface area contributed by atoms with E-state index in [-0.39, 0.29) is 17.1 Å². The second-order valence-corrected chi connectivity index (χ2v) is 9.12. The number of para-hydroxylation sites is 1. The Morgan fingerprint density at radius 2 is 2.00 bits per heavy atom. The third kappa shape index (κ3) is 3.75. The Balaban J connectivity index is 1.69. The van der Waals surface area contributed by atoms with Gasteiger partial charge in [0.15, 0.2) is 16.3 Å². The molecule has 0 spiro atoms. The Bertz CT molecular complexity index is 1500. The number of thiazole rings is 1. The Kier molecular flexibility index (Phi) is 5.59. The molecule has 0 fully saturated rings. The Labute approximate surface area is 201 Å². The number of fused-ring (bicyclic) bond motifs is 6. The molecule has 3 unspecified atom stereocenters. The van der Waals surface area contributed by atoms with Crippen LogP contribution in [0.15, 0.2) is 52.3 Å². The summed E-state index contributed by atoms with van der Waals surface area (Å²) in [7, 11) is 2.62. The molecule has 2 aromatic carbocycles. The SMILES string of the molecule is COC(=O)C1C2c3ccccc3OC1(C)N=c1s/c(=C\c3ccc(OC(F)F)c(OC)c3)c(=O)n12. The van der Waals surface area contributed by atoms with E-state index in [0.717, 1.165) is 11.3 Å². The lowest BCUT2D eigenvalue weighted by atomic mass is 9.81. The molecule has 0 amide bonds. The Morgan fingerprint density at radius 3 is 2.71 bits per heavy atom. The number of aromatic nitrogens is 1. The van der Waals surface area contributed by atoms with Gasteiger partial charge in [0.1, 0.15) is 11.7 Å². The molecule has 8 nitrogen and oxygen atoms in total. The van der Waals surface area contributed by atoms with Gasteiger partial charge in [-0.25, -0.2) is 4.99 Å². The number of esters is 1. The molecule has 0 saturated carbocycles. The first-order chi connectivity index (χ1) is 16.8. The van der Waals surface area contributed by atoms with Gasteiger partial charge in [-0.15, -0.1) is 0 Å². The summed E-state index contributed by atoms with van der Waals surface area (Å²) in [5.41, 5.74) is -0.399. The van der Waals surface area contributed by atoms with E-state index in [2.05, 4.69) is 9.73 Å². The van der Waals surface area contributed by atoms with Crippen LogP contribution in [-0.4, -0.2) is 37.1 Å². The quantitative estimate of drug-likeness (QED) is 0.498. The van der Waals surface area contributed by atoms with Gasteiger partial charge < -0.3 is 18.9 Å². The molecule has 3 aromatic rings. The van der Waals surface area contributed by atoms with Gasteiger partial charge in [-0.1, -0.05) is 35.6 Å². The van der Waals surface area contributed by atoms with E-state index in [1.165, 1.54) is 37.0 Å². The molecular formula is C24H20F2N2O6S. The van der Waals surface area contributed by atoms with Crippen LogP contribution in [0.2, 0.25) is 0 Å². The van der Waals surface area contributed by atoms with Crippen molar-refractivity contribution >= 4 is 23.4 Å². The predicted molar refractivity (Wildman–Crippen MR) is 122 cm³/mol. The lowest BCUT2D eigenvalue weighted by Gasteiger charge is -2.44. The number of hydrogen-bond acceptors (Lipinski definition) is 8. The number of methoxy groups -OCH3 is 2. The minimum Gasteiger partial charge on any atom is -0.493 e. The summed E-state index contributed by atoms with van der Waals surface area (Å²) in [6.07, 6.45) is 1.61. The third-order valence-corrected chi connectivity index (χ3v) is 7.02. The van der Waals surface area contributed by atoms with E-state index in [1.54, 1.807) is 19.1 Å². The lowest BCUT2D eigenvalue weighted by Crippen LogP contribution is -2.58. The summed E-state index contributed by atoms with van der Waals surface area (Å²) in [6.45, 7) is -1.30. The molecule has 2 bridgehead atoms. The number of halogens is 2. The van der Waals surface area contributed by atoms with Crippen molar-refractivity contribution in [2.45, 2.75) is 25.3 Å². The second-order valence-electron chi connectivity index (χ2n) is 8.11. The van der Waals surface area contributed by atoms with E-state index in [0.29, 0.717) is 26.2 Å². The Hall–Kier alpha value is -3.73. The van der Waals surface area contributed by atoms with Gasteiger partial charge >= 0.3 is 12.6 Å². The number of benzene rings is 2. The summed E-state index contributed by atoms with van der Waals surface area (Å²) < 4.78 is 47.9. The first kappa shape index (κ1) is 23.0. The molecular weight excluding hydrogens is 482 g/mol. The van der Waals surface area contributed by atoms with Gasteiger partial charge in [0.2, 0.25) is 5.72 Å². The first-order valence-electron chi connectivity index (χ1n) is 10.6. The third-order valence-electron chi connectivity index (χ3n) is 6.04. The summed E-state index contributed by atoms with van der Waals surface area (Å²) in [6, 6.07) is 10.9. The van der Waals surface area contributed by atoms with E-state index < -0.39 is 30.3 Å². The minimum atomic E-state index is -3.00. The van der Waals surface area contributed by atoms with Crippen molar-refractivity contribution in [3.8, 4) is 17.2 Å². The maximum Gasteiger partial charge on any atom is 0.387 e. The zero-order valence-corrected chi connectivity index (χ0v) is 19.7. The standard InChI is InChI=1S/C24H20F2N2O6S/c1-24-18(21(30)32-3)19(13-6-4-5-7-14(13)34-24)28-20(29)17(35-23(28)27-24)11-12-8-9-15(33-22(25)26)16(10-12)31-2/h4-11,18-19,22H,1-3H3/b17-11-. The van der Waals surface area contributed by atoms with Crippen LogP contribution in [-0.2, 0) is 9.53 Å². The van der Waals surface area contributed by atoms with Crippen molar-refractivity contribution in [2.75, 3.05) is 14.2 Å². The first-order valence-corrected chi connectivity index (χ1v) is 11.4. The number of carbonyl (C=O) groups is 1. The van der Waals surface area contributed by atoms with Crippen molar-refractivity contribution in [2.24, 2.45) is 10.9 Å². The van der Waals surface area contributed by atoms with Crippen molar-refractivity contribution in [1.82, 2.24) is 4.57 Å². The van der Waals surface area contributed by atoms with Gasteiger partial charge in [0, 0.05) is 5.56 Å². The molecule has 0 saturated heterocycles. The van der Waals surface area contributed by atoms with Crippen LogP contribution in [0.3, 0.4) is 0 Å². The fraction of sp³-hybridized carbons (Fsp3) is 0.292. The zero-order chi connectivity index (χ0) is 24.9. The largest absolute Gasteiger partial charge is 0.493 e. The van der Waals surface area contributed by atoms with E-state index in [9.17, 15) is 18.4 Å². The fourth-order valence-electron chi connectivity index (χ4n) is 4.55. The fourth-order valence-corrected chi connectivity index (χ4v) is 5.65. The van der Waals surface area contributed by atoms with Gasteiger partial charge in [-0.05, 0) is 36.8 Å². The molecule has 11 heteroatoms.